The number of H-pyrrole nitrogens is 1. The van der Waals surface area contributed by atoms with Gasteiger partial charge in [-0.3, -0.25) is 4.79 Å². The van der Waals surface area contributed by atoms with Crippen LogP contribution in [0.2, 0.25) is 0 Å². The van der Waals surface area contributed by atoms with Crippen molar-refractivity contribution in [3.8, 4) is 0 Å². The molecule has 0 radical (unpaired) electrons. The standard InChI is InChI=1S/C13H21N3O2/c1-2-18-9-5-12(17)16-8-3-4-11(10-16)13-14-6-7-15-13/h6-7,11H,2-5,8-10H2,1H3,(H,14,15)/t11-/m1/s1. The summed E-state index contributed by atoms with van der Waals surface area (Å²) in [6.07, 6.45) is 6.24. The van der Waals surface area contributed by atoms with E-state index in [1.807, 2.05) is 18.0 Å². The Kier molecular flexibility index (Phi) is 4.75. The SMILES string of the molecule is CCOCCC(=O)N1CCC[C@@H](c2ncc[nH]2)C1. The van der Waals surface area contributed by atoms with Gasteiger partial charge in [-0.05, 0) is 19.8 Å². The van der Waals surface area contributed by atoms with E-state index in [0.29, 0.717) is 25.6 Å². The number of aromatic nitrogens is 2. The fourth-order valence-electron chi connectivity index (χ4n) is 2.39. The maximum absolute atomic E-state index is 12.0. The minimum absolute atomic E-state index is 0.194. The molecule has 1 aromatic rings. The lowest BCUT2D eigenvalue weighted by Crippen LogP contribution is -2.39. The molecule has 100 valence electrons. The van der Waals surface area contributed by atoms with Gasteiger partial charge in [-0.15, -0.1) is 0 Å². The second-order valence-electron chi connectivity index (χ2n) is 4.60. The largest absolute Gasteiger partial charge is 0.381 e. The Morgan fingerprint density at radius 3 is 3.28 bits per heavy atom. The van der Waals surface area contributed by atoms with Crippen LogP contribution >= 0.6 is 0 Å². The smallest absolute Gasteiger partial charge is 0.224 e. The Labute approximate surface area is 108 Å². The number of carbonyl (C=O) groups excluding carboxylic acids is 1. The number of hydrogen-bond donors (Lipinski definition) is 1. The molecule has 1 fully saturated rings. The Balaban J connectivity index is 1.84. The molecule has 1 aliphatic heterocycles. The van der Waals surface area contributed by atoms with E-state index in [9.17, 15) is 4.79 Å². The number of carbonyl (C=O) groups is 1. The first-order chi connectivity index (χ1) is 8.81. The van der Waals surface area contributed by atoms with Crippen LogP contribution in [0.15, 0.2) is 12.4 Å². The van der Waals surface area contributed by atoms with Crippen molar-refractivity contribution in [3.63, 3.8) is 0 Å². The van der Waals surface area contributed by atoms with Gasteiger partial charge in [-0.1, -0.05) is 0 Å². The van der Waals surface area contributed by atoms with Crippen LogP contribution in [-0.4, -0.2) is 47.1 Å². The number of likely N-dealkylation sites (tertiary alicyclic amines) is 1. The van der Waals surface area contributed by atoms with Crippen LogP contribution in [0.25, 0.3) is 0 Å². The average molecular weight is 251 g/mol. The Bertz CT molecular complexity index is 364. The number of aromatic amines is 1. The molecule has 5 nitrogen and oxygen atoms in total. The second-order valence-corrected chi connectivity index (χ2v) is 4.60. The first kappa shape index (κ1) is 13.1. The van der Waals surface area contributed by atoms with E-state index in [4.69, 9.17) is 4.74 Å². The molecule has 0 unspecified atom stereocenters. The Hall–Kier alpha value is -1.36. The van der Waals surface area contributed by atoms with Crippen LogP contribution in [0, 0.1) is 0 Å². The molecule has 18 heavy (non-hydrogen) atoms. The molecule has 5 heteroatoms. The lowest BCUT2D eigenvalue weighted by molar-refractivity contribution is -0.133. The zero-order chi connectivity index (χ0) is 12.8. The van der Waals surface area contributed by atoms with E-state index in [0.717, 1.165) is 31.8 Å². The van der Waals surface area contributed by atoms with Gasteiger partial charge >= 0.3 is 0 Å². The summed E-state index contributed by atoms with van der Waals surface area (Å²) in [6, 6.07) is 0. The molecule has 1 atom stereocenters. The molecular formula is C13H21N3O2. The fourth-order valence-corrected chi connectivity index (χ4v) is 2.39. The van der Waals surface area contributed by atoms with Gasteiger partial charge < -0.3 is 14.6 Å². The van der Waals surface area contributed by atoms with E-state index < -0.39 is 0 Å². The molecule has 2 heterocycles. The predicted octanol–water partition coefficient (Wildman–Crippen LogP) is 1.54. The molecule has 0 spiro atoms. The highest BCUT2D eigenvalue weighted by atomic mass is 16.5. The number of rotatable bonds is 5. The Morgan fingerprint density at radius 1 is 1.67 bits per heavy atom. The van der Waals surface area contributed by atoms with E-state index in [-0.39, 0.29) is 5.91 Å². The van der Waals surface area contributed by atoms with E-state index in [1.165, 1.54) is 0 Å². The molecule has 0 bridgehead atoms. The van der Waals surface area contributed by atoms with Crippen molar-refractivity contribution in [1.82, 2.24) is 14.9 Å². The third-order valence-corrected chi connectivity index (χ3v) is 3.34. The minimum atomic E-state index is 0.194. The first-order valence-corrected chi connectivity index (χ1v) is 6.66. The molecule has 0 saturated carbocycles. The van der Waals surface area contributed by atoms with Gasteiger partial charge in [0.15, 0.2) is 0 Å². The van der Waals surface area contributed by atoms with Crippen molar-refractivity contribution in [1.29, 1.82) is 0 Å². The molecule has 0 aliphatic carbocycles. The molecule has 2 rings (SSSR count). The van der Waals surface area contributed by atoms with Gasteiger partial charge in [0.05, 0.1) is 13.0 Å². The molecule has 1 aromatic heterocycles. The van der Waals surface area contributed by atoms with Crippen LogP contribution in [0.1, 0.15) is 37.9 Å². The summed E-state index contributed by atoms with van der Waals surface area (Å²) in [4.78, 5) is 21.4. The summed E-state index contributed by atoms with van der Waals surface area (Å²) in [5.74, 6) is 1.54. The topological polar surface area (TPSA) is 58.2 Å². The molecule has 1 saturated heterocycles. The summed E-state index contributed by atoms with van der Waals surface area (Å²) < 4.78 is 5.23. The highest BCUT2D eigenvalue weighted by Crippen LogP contribution is 2.24. The van der Waals surface area contributed by atoms with Crippen molar-refractivity contribution in [2.24, 2.45) is 0 Å². The molecule has 1 N–H and O–H groups in total. The van der Waals surface area contributed by atoms with Gasteiger partial charge in [0.2, 0.25) is 5.91 Å². The number of nitrogens with zero attached hydrogens (tertiary/aromatic N) is 2. The van der Waals surface area contributed by atoms with E-state index in [1.54, 1.807) is 6.20 Å². The zero-order valence-corrected chi connectivity index (χ0v) is 10.9. The lowest BCUT2D eigenvalue weighted by Gasteiger charge is -2.32. The number of nitrogens with one attached hydrogen (secondary N) is 1. The van der Waals surface area contributed by atoms with Crippen molar-refractivity contribution in [3.05, 3.63) is 18.2 Å². The van der Waals surface area contributed by atoms with Gasteiger partial charge in [-0.25, -0.2) is 4.98 Å². The van der Waals surface area contributed by atoms with Crippen molar-refractivity contribution in [2.45, 2.75) is 32.1 Å². The van der Waals surface area contributed by atoms with Crippen molar-refractivity contribution in [2.75, 3.05) is 26.3 Å². The van der Waals surface area contributed by atoms with Gasteiger partial charge in [0, 0.05) is 38.0 Å². The number of piperidine rings is 1. The van der Waals surface area contributed by atoms with Crippen molar-refractivity contribution < 1.29 is 9.53 Å². The van der Waals surface area contributed by atoms with E-state index >= 15 is 0 Å². The van der Waals surface area contributed by atoms with Crippen molar-refractivity contribution >= 4 is 5.91 Å². The highest BCUT2D eigenvalue weighted by Gasteiger charge is 2.25. The maximum atomic E-state index is 12.0. The number of hydrogen-bond acceptors (Lipinski definition) is 3. The van der Waals surface area contributed by atoms with Crippen LogP contribution < -0.4 is 0 Å². The van der Waals surface area contributed by atoms with E-state index in [2.05, 4.69) is 9.97 Å². The van der Waals surface area contributed by atoms with Gasteiger partial charge in [-0.2, -0.15) is 0 Å². The third kappa shape index (κ3) is 3.32. The summed E-state index contributed by atoms with van der Waals surface area (Å²) in [6.45, 7) is 4.78. The van der Waals surface area contributed by atoms with Crippen LogP contribution in [0.4, 0.5) is 0 Å². The average Bonchev–Trinajstić information content (AvgIpc) is 2.93. The first-order valence-electron chi connectivity index (χ1n) is 6.66. The summed E-state index contributed by atoms with van der Waals surface area (Å²) in [5.41, 5.74) is 0. The van der Waals surface area contributed by atoms with Crippen LogP contribution in [-0.2, 0) is 9.53 Å². The van der Waals surface area contributed by atoms with Gasteiger partial charge in [0.1, 0.15) is 5.82 Å². The number of amides is 1. The molecular weight excluding hydrogens is 230 g/mol. The van der Waals surface area contributed by atoms with Crippen LogP contribution in [0.5, 0.6) is 0 Å². The van der Waals surface area contributed by atoms with Crippen LogP contribution in [0.3, 0.4) is 0 Å². The lowest BCUT2D eigenvalue weighted by atomic mass is 9.97. The summed E-state index contributed by atoms with van der Waals surface area (Å²) in [5, 5.41) is 0. The Morgan fingerprint density at radius 2 is 2.56 bits per heavy atom. The normalized spacial score (nSPS) is 20.1. The molecule has 0 aromatic carbocycles. The molecule has 1 aliphatic rings. The quantitative estimate of drug-likeness (QED) is 0.808. The predicted molar refractivity (Wildman–Crippen MR) is 68.3 cm³/mol. The highest BCUT2D eigenvalue weighted by molar-refractivity contribution is 5.76. The number of ether oxygens (including phenoxy) is 1. The third-order valence-electron chi connectivity index (χ3n) is 3.34. The van der Waals surface area contributed by atoms with Gasteiger partial charge in [0.25, 0.3) is 0 Å². The monoisotopic (exact) mass is 251 g/mol. The summed E-state index contributed by atoms with van der Waals surface area (Å²) >= 11 is 0. The zero-order valence-electron chi connectivity index (χ0n) is 10.9. The second kappa shape index (κ2) is 6.54. The summed E-state index contributed by atoms with van der Waals surface area (Å²) in [7, 11) is 0. The fraction of sp³-hybridized carbons (Fsp3) is 0.692. The number of imidazole rings is 1. The minimum Gasteiger partial charge on any atom is -0.381 e. The maximum Gasteiger partial charge on any atom is 0.224 e. The molecule has 1 amide bonds.